The van der Waals surface area contributed by atoms with E-state index < -0.39 is 0 Å². The fraction of sp³-hybridized carbons (Fsp3) is 0.438. The fourth-order valence-electron chi connectivity index (χ4n) is 2.38. The summed E-state index contributed by atoms with van der Waals surface area (Å²) >= 11 is 0. The zero-order valence-corrected chi connectivity index (χ0v) is 12.0. The molecule has 0 amide bonds. The van der Waals surface area contributed by atoms with Crippen LogP contribution >= 0.6 is 0 Å². The summed E-state index contributed by atoms with van der Waals surface area (Å²) in [6, 6.07) is 5.88. The molecule has 0 saturated heterocycles. The molecule has 0 spiro atoms. The van der Waals surface area contributed by atoms with Gasteiger partial charge in [0.05, 0.1) is 12.2 Å². The van der Waals surface area contributed by atoms with E-state index in [4.69, 9.17) is 15.0 Å². The first-order valence-electron chi connectivity index (χ1n) is 7.10. The van der Waals surface area contributed by atoms with Crippen LogP contribution in [-0.4, -0.2) is 11.8 Å². The Morgan fingerprint density at radius 3 is 2.60 bits per heavy atom. The highest BCUT2D eigenvalue weighted by Crippen LogP contribution is 2.35. The van der Waals surface area contributed by atoms with E-state index in [-0.39, 0.29) is 0 Å². The molecule has 0 bridgehead atoms. The average molecular weight is 272 g/mol. The van der Waals surface area contributed by atoms with E-state index in [2.05, 4.69) is 31.1 Å². The summed E-state index contributed by atoms with van der Waals surface area (Å²) in [5.74, 6) is 2.61. The molecular formula is C16H20N2O2. The lowest BCUT2D eigenvalue weighted by Crippen LogP contribution is -2.19. The Morgan fingerprint density at radius 1 is 1.25 bits per heavy atom. The van der Waals surface area contributed by atoms with Crippen molar-refractivity contribution < 1.29 is 9.26 Å². The van der Waals surface area contributed by atoms with Crippen LogP contribution in [0.1, 0.15) is 30.4 Å². The van der Waals surface area contributed by atoms with Gasteiger partial charge in [-0.25, -0.2) is 0 Å². The van der Waals surface area contributed by atoms with Crippen LogP contribution in [0, 0.1) is 19.8 Å². The minimum atomic E-state index is 0.392. The summed E-state index contributed by atoms with van der Waals surface area (Å²) in [5.41, 5.74) is 8.98. The van der Waals surface area contributed by atoms with Crippen LogP contribution < -0.4 is 10.5 Å². The molecule has 1 heterocycles. The van der Waals surface area contributed by atoms with Crippen LogP contribution in [0.4, 0.5) is 5.82 Å². The quantitative estimate of drug-likeness (QED) is 0.921. The second kappa shape index (κ2) is 5.19. The molecule has 106 valence electrons. The van der Waals surface area contributed by atoms with Gasteiger partial charge in [0.15, 0.2) is 11.6 Å². The van der Waals surface area contributed by atoms with Crippen molar-refractivity contribution in [1.29, 1.82) is 0 Å². The van der Waals surface area contributed by atoms with Crippen molar-refractivity contribution in [3.63, 3.8) is 0 Å². The molecule has 0 radical (unpaired) electrons. The molecule has 1 fully saturated rings. The number of anilines is 1. The summed E-state index contributed by atoms with van der Waals surface area (Å²) in [7, 11) is 0. The van der Waals surface area contributed by atoms with Crippen LogP contribution in [0.5, 0.6) is 5.75 Å². The van der Waals surface area contributed by atoms with Crippen LogP contribution in [0.2, 0.25) is 0 Å². The minimum absolute atomic E-state index is 0.392. The van der Waals surface area contributed by atoms with Crippen LogP contribution in [0.25, 0.3) is 11.3 Å². The molecule has 2 N–H and O–H groups in total. The summed E-state index contributed by atoms with van der Waals surface area (Å²) in [4.78, 5) is 0. The van der Waals surface area contributed by atoms with Gasteiger partial charge in [0.25, 0.3) is 0 Å². The van der Waals surface area contributed by atoms with E-state index in [0.29, 0.717) is 17.5 Å². The minimum Gasteiger partial charge on any atom is -0.493 e. The normalized spacial score (nSPS) is 15.1. The van der Waals surface area contributed by atoms with Crippen molar-refractivity contribution in [1.82, 2.24) is 5.16 Å². The SMILES string of the molecule is Cc1cc(OCC2CCC2)c(-c2cc(N)no2)cc1C. The maximum absolute atomic E-state index is 6.01. The van der Waals surface area contributed by atoms with Crippen molar-refractivity contribution in [2.75, 3.05) is 12.3 Å². The van der Waals surface area contributed by atoms with Crippen molar-refractivity contribution in [2.45, 2.75) is 33.1 Å². The Kier molecular flexibility index (Phi) is 3.38. The van der Waals surface area contributed by atoms with E-state index in [0.717, 1.165) is 17.9 Å². The van der Waals surface area contributed by atoms with Gasteiger partial charge in [-0.15, -0.1) is 0 Å². The van der Waals surface area contributed by atoms with Gasteiger partial charge in [-0.2, -0.15) is 0 Å². The number of rotatable bonds is 4. The lowest BCUT2D eigenvalue weighted by atomic mass is 9.86. The number of aromatic nitrogens is 1. The summed E-state index contributed by atoms with van der Waals surface area (Å²) in [5, 5.41) is 3.76. The monoisotopic (exact) mass is 272 g/mol. The van der Waals surface area contributed by atoms with Gasteiger partial charge in [0.1, 0.15) is 5.75 Å². The van der Waals surface area contributed by atoms with Gasteiger partial charge in [-0.3, -0.25) is 0 Å². The molecule has 3 rings (SSSR count). The lowest BCUT2D eigenvalue weighted by molar-refractivity contribution is 0.181. The molecule has 4 nitrogen and oxygen atoms in total. The van der Waals surface area contributed by atoms with Gasteiger partial charge in [-0.05, 0) is 55.9 Å². The highest BCUT2D eigenvalue weighted by molar-refractivity contribution is 5.69. The molecule has 1 aliphatic carbocycles. The Bertz CT molecular complexity index is 615. The van der Waals surface area contributed by atoms with Crippen molar-refractivity contribution in [3.05, 3.63) is 29.3 Å². The summed E-state index contributed by atoms with van der Waals surface area (Å²) in [6.45, 7) is 4.94. The number of aryl methyl sites for hydroxylation is 2. The van der Waals surface area contributed by atoms with Crippen molar-refractivity contribution in [2.24, 2.45) is 5.92 Å². The van der Waals surface area contributed by atoms with Crippen LogP contribution in [-0.2, 0) is 0 Å². The Balaban J connectivity index is 1.91. The molecular weight excluding hydrogens is 252 g/mol. The maximum Gasteiger partial charge on any atom is 0.172 e. The molecule has 20 heavy (non-hydrogen) atoms. The molecule has 0 atom stereocenters. The van der Waals surface area contributed by atoms with Gasteiger partial charge in [0, 0.05) is 6.07 Å². The Hall–Kier alpha value is -1.97. The third-order valence-electron chi connectivity index (χ3n) is 4.09. The highest BCUT2D eigenvalue weighted by atomic mass is 16.5. The molecule has 1 saturated carbocycles. The van der Waals surface area contributed by atoms with E-state index in [1.165, 1.54) is 30.4 Å². The first-order chi connectivity index (χ1) is 9.63. The predicted molar refractivity (Wildman–Crippen MR) is 78.7 cm³/mol. The third kappa shape index (κ3) is 2.50. The maximum atomic E-state index is 6.01. The zero-order valence-electron chi connectivity index (χ0n) is 12.0. The molecule has 1 aromatic heterocycles. The number of ether oxygens (including phenoxy) is 1. The van der Waals surface area contributed by atoms with Crippen LogP contribution in [0.3, 0.4) is 0 Å². The number of nitrogen functional groups attached to an aromatic ring is 1. The first kappa shape index (κ1) is 13.0. The van der Waals surface area contributed by atoms with Gasteiger partial charge >= 0.3 is 0 Å². The molecule has 1 aliphatic rings. The van der Waals surface area contributed by atoms with Crippen molar-refractivity contribution in [3.8, 4) is 17.1 Å². The topological polar surface area (TPSA) is 61.3 Å². The number of nitrogens with zero attached hydrogens (tertiary/aromatic N) is 1. The van der Waals surface area contributed by atoms with E-state index >= 15 is 0 Å². The predicted octanol–water partition coefficient (Wildman–Crippen LogP) is 3.72. The van der Waals surface area contributed by atoms with Crippen LogP contribution in [0.15, 0.2) is 22.7 Å². The Morgan fingerprint density at radius 2 is 2.00 bits per heavy atom. The van der Waals surface area contributed by atoms with E-state index in [1.54, 1.807) is 6.07 Å². The third-order valence-corrected chi connectivity index (χ3v) is 4.09. The second-order valence-electron chi connectivity index (χ2n) is 5.66. The van der Waals surface area contributed by atoms with Gasteiger partial charge in [0.2, 0.25) is 0 Å². The molecule has 1 aromatic carbocycles. The number of hydrogen-bond acceptors (Lipinski definition) is 4. The van der Waals surface area contributed by atoms with Gasteiger partial charge in [-0.1, -0.05) is 11.6 Å². The van der Waals surface area contributed by atoms with Gasteiger partial charge < -0.3 is 15.0 Å². The highest BCUT2D eigenvalue weighted by Gasteiger charge is 2.20. The summed E-state index contributed by atoms with van der Waals surface area (Å²) < 4.78 is 11.3. The molecule has 0 unspecified atom stereocenters. The average Bonchev–Trinajstić information content (AvgIpc) is 2.78. The largest absolute Gasteiger partial charge is 0.493 e. The molecule has 0 aliphatic heterocycles. The molecule has 4 heteroatoms. The number of hydrogen-bond donors (Lipinski definition) is 1. The molecule has 2 aromatic rings. The smallest absolute Gasteiger partial charge is 0.172 e. The standard InChI is InChI=1S/C16H20N2O2/c1-10-6-13(15-8-16(17)18-20-15)14(7-11(10)2)19-9-12-4-3-5-12/h6-8,12H,3-5,9H2,1-2H3,(H2,17,18). The van der Waals surface area contributed by atoms with E-state index in [1.807, 2.05) is 0 Å². The lowest BCUT2D eigenvalue weighted by Gasteiger charge is -2.25. The second-order valence-corrected chi connectivity index (χ2v) is 5.66. The van der Waals surface area contributed by atoms with Crippen molar-refractivity contribution >= 4 is 5.82 Å². The number of benzene rings is 1. The fourth-order valence-corrected chi connectivity index (χ4v) is 2.38. The Labute approximate surface area is 118 Å². The first-order valence-corrected chi connectivity index (χ1v) is 7.10. The van der Waals surface area contributed by atoms with E-state index in [9.17, 15) is 0 Å². The zero-order chi connectivity index (χ0) is 14.1. The summed E-state index contributed by atoms with van der Waals surface area (Å²) in [6.07, 6.45) is 3.87. The number of nitrogens with two attached hydrogens (primary N) is 1.